The van der Waals surface area contributed by atoms with Gasteiger partial charge < -0.3 is 5.32 Å². The first kappa shape index (κ1) is 12.8. The number of nitrogens with one attached hydrogen (secondary N) is 1. The van der Waals surface area contributed by atoms with E-state index in [1.54, 1.807) is 6.20 Å². The van der Waals surface area contributed by atoms with Crippen LogP contribution < -0.4 is 5.32 Å². The van der Waals surface area contributed by atoms with Crippen LogP contribution in [0.1, 0.15) is 29.9 Å². The van der Waals surface area contributed by atoms with Gasteiger partial charge >= 0.3 is 0 Å². The minimum absolute atomic E-state index is 0.0912. The smallest absolute Gasteiger partial charge is 0.148 e. The third-order valence-electron chi connectivity index (χ3n) is 2.80. The van der Waals surface area contributed by atoms with E-state index in [1.165, 1.54) is 0 Å². The highest BCUT2D eigenvalue weighted by Gasteiger charge is 2.11. The quantitative estimate of drug-likeness (QED) is 0.910. The Bertz CT molecular complexity index is 554. The molecule has 0 amide bonds. The molecule has 0 unspecified atom stereocenters. The van der Waals surface area contributed by atoms with Crippen LogP contribution in [-0.2, 0) is 0 Å². The number of anilines is 1. The van der Waals surface area contributed by atoms with E-state index in [-0.39, 0.29) is 6.04 Å². The van der Waals surface area contributed by atoms with Gasteiger partial charge in [0.2, 0.25) is 0 Å². The maximum atomic E-state index is 6.18. The molecule has 0 bridgehead atoms. The molecule has 3 nitrogen and oxygen atoms in total. The molecular formula is C14H16ClN3. The first-order chi connectivity index (χ1) is 8.58. The maximum absolute atomic E-state index is 6.18. The standard InChI is InChI=1S/C14H16ClN3/c1-9-8-16-11(3)14(17-9)18-10(2)12-6-4-5-7-13(12)15/h4-8,10H,1-3H3,(H,17,18)/t10-/m0/s1. The molecule has 2 aromatic rings. The van der Waals surface area contributed by atoms with Crippen molar-refractivity contribution in [1.29, 1.82) is 0 Å². The van der Waals surface area contributed by atoms with Gasteiger partial charge in [-0.3, -0.25) is 4.98 Å². The van der Waals surface area contributed by atoms with Crippen molar-refractivity contribution >= 4 is 17.4 Å². The number of rotatable bonds is 3. The van der Waals surface area contributed by atoms with Gasteiger partial charge in [-0.25, -0.2) is 4.98 Å². The SMILES string of the molecule is Cc1cnc(C)c(N[C@@H](C)c2ccccc2Cl)n1. The number of aromatic nitrogens is 2. The van der Waals surface area contributed by atoms with E-state index in [2.05, 4.69) is 22.2 Å². The number of halogens is 1. The van der Waals surface area contributed by atoms with Gasteiger partial charge in [0.05, 0.1) is 17.4 Å². The molecule has 0 aliphatic rings. The molecular weight excluding hydrogens is 246 g/mol. The van der Waals surface area contributed by atoms with Crippen LogP contribution in [0.4, 0.5) is 5.82 Å². The minimum Gasteiger partial charge on any atom is -0.362 e. The lowest BCUT2D eigenvalue weighted by Crippen LogP contribution is -2.10. The molecule has 1 N–H and O–H groups in total. The highest BCUT2D eigenvalue weighted by Crippen LogP contribution is 2.25. The lowest BCUT2D eigenvalue weighted by Gasteiger charge is -2.17. The molecule has 2 rings (SSSR count). The molecule has 1 heterocycles. The molecule has 0 aliphatic carbocycles. The Balaban J connectivity index is 2.24. The third-order valence-corrected chi connectivity index (χ3v) is 3.15. The summed E-state index contributed by atoms with van der Waals surface area (Å²) in [6.07, 6.45) is 1.76. The maximum Gasteiger partial charge on any atom is 0.148 e. The number of aryl methyl sites for hydroxylation is 2. The minimum atomic E-state index is 0.0912. The normalized spacial score (nSPS) is 12.2. The Kier molecular flexibility index (Phi) is 3.82. The van der Waals surface area contributed by atoms with Crippen molar-refractivity contribution in [1.82, 2.24) is 9.97 Å². The largest absolute Gasteiger partial charge is 0.362 e. The molecule has 1 aromatic heterocycles. The Morgan fingerprint density at radius 3 is 2.67 bits per heavy atom. The second-order valence-corrected chi connectivity index (χ2v) is 4.74. The summed E-state index contributed by atoms with van der Waals surface area (Å²) in [5, 5.41) is 4.11. The molecule has 0 saturated carbocycles. The molecule has 0 aliphatic heterocycles. The summed E-state index contributed by atoms with van der Waals surface area (Å²) in [4.78, 5) is 8.74. The van der Waals surface area contributed by atoms with Crippen molar-refractivity contribution in [3.8, 4) is 0 Å². The predicted octanol–water partition coefficient (Wildman–Crippen LogP) is 3.92. The van der Waals surface area contributed by atoms with E-state index in [1.807, 2.05) is 38.1 Å². The molecule has 0 spiro atoms. The van der Waals surface area contributed by atoms with Crippen molar-refractivity contribution in [2.24, 2.45) is 0 Å². The fourth-order valence-electron chi connectivity index (χ4n) is 1.78. The van der Waals surface area contributed by atoms with Gasteiger partial charge in [-0.15, -0.1) is 0 Å². The fraction of sp³-hybridized carbons (Fsp3) is 0.286. The van der Waals surface area contributed by atoms with Gasteiger partial charge in [0, 0.05) is 11.2 Å². The van der Waals surface area contributed by atoms with Gasteiger partial charge in [0.25, 0.3) is 0 Å². The van der Waals surface area contributed by atoms with E-state index in [4.69, 9.17) is 11.6 Å². The molecule has 94 valence electrons. The number of hydrogen-bond acceptors (Lipinski definition) is 3. The number of hydrogen-bond donors (Lipinski definition) is 1. The molecule has 0 radical (unpaired) electrons. The lowest BCUT2D eigenvalue weighted by atomic mass is 10.1. The summed E-state index contributed by atoms with van der Waals surface area (Å²) in [7, 11) is 0. The van der Waals surface area contributed by atoms with Gasteiger partial charge in [-0.2, -0.15) is 0 Å². The van der Waals surface area contributed by atoms with E-state index < -0.39 is 0 Å². The molecule has 4 heteroatoms. The van der Waals surface area contributed by atoms with Crippen LogP contribution in [0.5, 0.6) is 0 Å². The monoisotopic (exact) mass is 261 g/mol. The number of nitrogens with zero attached hydrogens (tertiary/aromatic N) is 2. The zero-order chi connectivity index (χ0) is 13.1. The van der Waals surface area contributed by atoms with Crippen LogP contribution >= 0.6 is 11.6 Å². The van der Waals surface area contributed by atoms with Gasteiger partial charge in [0.1, 0.15) is 5.82 Å². The Morgan fingerprint density at radius 2 is 1.94 bits per heavy atom. The molecule has 18 heavy (non-hydrogen) atoms. The van der Waals surface area contributed by atoms with Crippen molar-refractivity contribution in [3.05, 3.63) is 52.4 Å². The van der Waals surface area contributed by atoms with Crippen molar-refractivity contribution < 1.29 is 0 Å². The van der Waals surface area contributed by atoms with Crippen LogP contribution in [0.25, 0.3) is 0 Å². The summed E-state index contributed by atoms with van der Waals surface area (Å²) in [5.74, 6) is 0.808. The molecule has 1 aromatic carbocycles. The Labute approximate surface area is 112 Å². The fourth-order valence-corrected chi connectivity index (χ4v) is 2.08. The molecule has 0 saturated heterocycles. The molecule has 0 fully saturated rings. The average molecular weight is 262 g/mol. The first-order valence-corrected chi connectivity index (χ1v) is 6.27. The summed E-state index contributed by atoms with van der Waals surface area (Å²) in [5.41, 5.74) is 2.84. The Hall–Kier alpha value is -1.61. The van der Waals surface area contributed by atoms with Crippen LogP contribution in [0.2, 0.25) is 5.02 Å². The topological polar surface area (TPSA) is 37.8 Å². The predicted molar refractivity (Wildman–Crippen MR) is 75.0 cm³/mol. The van der Waals surface area contributed by atoms with Crippen LogP contribution in [0.3, 0.4) is 0 Å². The van der Waals surface area contributed by atoms with E-state index in [0.29, 0.717) is 0 Å². The van der Waals surface area contributed by atoms with Crippen molar-refractivity contribution in [2.45, 2.75) is 26.8 Å². The average Bonchev–Trinajstić information content (AvgIpc) is 2.34. The van der Waals surface area contributed by atoms with E-state index in [9.17, 15) is 0 Å². The summed E-state index contributed by atoms with van der Waals surface area (Å²) >= 11 is 6.18. The van der Waals surface area contributed by atoms with Crippen molar-refractivity contribution in [2.75, 3.05) is 5.32 Å². The van der Waals surface area contributed by atoms with Crippen molar-refractivity contribution in [3.63, 3.8) is 0 Å². The highest BCUT2D eigenvalue weighted by molar-refractivity contribution is 6.31. The first-order valence-electron chi connectivity index (χ1n) is 5.89. The van der Waals surface area contributed by atoms with Gasteiger partial charge in [-0.1, -0.05) is 29.8 Å². The second kappa shape index (κ2) is 5.36. The molecule has 1 atom stereocenters. The van der Waals surface area contributed by atoms with Crippen LogP contribution in [0.15, 0.2) is 30.5 Å². The zero-order valence-corrected chi connectivity index (χ0v) is 11.5. The Morgan fingerprint density at radius 1 is 1.22 bits per heavy atom. The summed E-state index contributed by atoms with van der Waals surface area (Å²) in [6.45, 7) is 5.93. The van der Waals surface area contributed by atoms with Gasteiger partial charge in [0.15, 0.2) is 0 Å². The van der Waals surface area contributed by atoms with Gasteiger partial charge in [-0.05, 0) is 32.4 Å². The van der Waals surface area contributed by atoms with Crippen LogP contribution in [0, 0.1) is 13.8 Å². The lowest BCUT2D eigenvalue weighted by molar-refractivity contribution is 0.862. The zero-order valence-electron chi connectivity index (χ0n) is 10.7. The van der Waals surface area contributed by atoms with Crippen LogP contribution in [-0.4, -0.2) is 9.97 Å². The number of benzene rings is 1. The highest BCUT2D eigenvalue weighted by atomic mass is 35.5. The summed E-state index contributed by atoms with van der Waals surface area (Å²) < 4.78 is 0. The third kappa shape index (κ3) is 2.79. The second-order valence-electron chi connectivity index (χ2n) is 4.33. The van der Waals surface area contributed by atoms with E-state index >= 15 is 0 Å². The summed E-state index contributed by atoms with van der Waals surface area (Å²) in [6, 6.07) is 7.90. The van der Waals surface area contributed by atoms with E-state index in [0.717, 1.165) is 27.8 Å².